The third-order valence-electron chi connectivity index (χ3n) is 12.4. The Hall–Kier alpha value is -0.610. The van der Waals surface area contributed by atoms with Crippen LogP contribution in [0.5, 0.6) is 0 Å². The van der Waals surface area contributed by atoms with Crippen LogP contribution in [0.2, 0.25) is 0 Å². The van der Waals surface area contributed by atoms with E-state index in [4.69, 9.17) is 9.47 Å². The molecule has 2 aliphatic heterocycles. The predicted octanol–water partition coefficient (Wildman–Crippen LogP) is 5.94. The minimum Gasteiger partial charge on any atom is -0.463 e. The Kier molecular flexibility index (Phi) is 5.32. The van der Waals surface area contributed by atoms with Crippen molar-refractivity contribution < 1.29 is 14.3 Å². The van der Waals surface area contributed by atoms with Gasteiger partial charge in [0, 0.05) is 19.4 Å². The summed E-state index contributed by atoms with van der Waals surface area (Å²) in [7, 11) is 0. The summed E-state index contributed by atoms with van der Waals surface area (Å²) >= 11 is 0. The predicted molar refractivity (Wildman–Crippen MR) is 129 cm³/mol. The number of hydrogen-bond acceptors (Lipinski definition) is 4. The molecule has 0 unspecified atom stereocenters. The van der Waals surface area contributed by atoms with Gasteiger partial charge in [0.25, 0.3) is 0 Å². The van der Waals surface area contributed by atoms with Crippen molar-refractivity contribution in [3.8, 4) is 0 Å². The number of piperidine rings is 1. The fraction of sp³-hybridized carbons (Fsp3) is 0.966. The third-order valence-corrected chi connectivity index (χ3v) is 12.4. The van der Waals surface area contributed by atoms with E-state index in [2.05, 4.69) is 33.0 Å². The van der Waals surface area contributed by atoms with Gasteiger partial charge in [-0.25, -0.2) is 0 Å². The average molecular weight is 458 g/mol. The van der Waals surface area contributed by atoms with Gasteiger partial charge in [0.15, 0.2) is 0 Å². The zero-order valence-electron chi connectivity index (χ0n) is 21.7. The SMILES string of the molecule is CC(=O)O[C@@H]1CC[C@@]2(C)[C@@H](CC[C@@H]3[C@@H]2CC[C@]2(C)[C@@H]4[C@H](C[C@@H]32)O[C@]2(CC[C@@H](C)CN2)[C@H]4C)C1. The van der Waals surface area contributed by atoms with Crippen LogP contribution in [-0.2, 0) is 14.3 Å². The van der Waals surface area contributed by atoms with Crippen LogP contribution in [0, 0.1) is 52.3 Å². The van der Waals surface area contributed by atoms with Crippen LogP contribution < -0.4 is 5.32 Å². The van der Waals surface area contributed by atoms with Gasteiger partial charge in [-0.2, -0.15) is 0 Å². The molecule has 2 saturated heterocycles. The van der Waals surface area contributed by atoms with E-state index in [1.807, 2.05) is 0 Å². The molecule has 0 bridgehead atoms. The van der Waals surface area contributed by atoms with Gasteiger partial charge >= 0.3 is 5.97 Å². The molecule has 0 aromatic rings. The first-order chi connectivity index (χ1) is 15.7. The highest BCUT2D eigenvalue weighted by Crippen LogP contribution is 2.71. The summed E-state index contributed by atoms with van der Waals surface area (Å²) in [6.07, 6.45) is 13.3. The molecule has 1 N–H and O–H groups in total. The molecule has 186 valence electrons. The van der Waals surface area contributed by atoms with Crippen molar-refractivity contribution >= 4 is 5.97 Å². The largest absolute Gasteiger partial charge is 0.463 e. The van der Waals surface area contributed by atoms with E-state index in [-0.39, 0.29) is 17.8 Å². The molecule has 4 saturated carbocycles. The molecule has 6 rings (SSSR count). The highest BCUT2D eigenvalue weighted by Gasteiger charge is 2.68. The van der Waals surface area contributed by atoms with Gasteiger partial charge in [-0.1, -0.05) is 27.7 Å². The lowest BCUT2D eigenvalue weighted by Gasteiger charge is -2.61. The molecule has 6 aliphatic rings. The number of ether oxygens (including phenoxy) is 2. The lowest BCUT2D eigenvalue weighted by molar-refractivity contribution is -0.162. The molecular weight excluding hydrogens is 410 g/mol. The number of rotatable bonds is 1. The van der Waals surface area contributed by atoms with Crippen molar-refractivity contribution in [2.75, 3.05) is 6.54 Å². The summed E-state index contributed by atoms with van der Waals surface area (Å²) in [5.74, 6) is 5.29. The molecule has 12 atom stereocenters. The Balaban J connectivity index is 1.21. The number of hydrogen-bond donors (Lipinski definition) is 1. The number of nitrogens with one attached hydrogen (secondary N) is 1. The van der Waals surface area contributed by atoms with Gasteiger partial charge in [0.2, 0.25) is 0 Å². The molecule has 2 heterocycles. The zero-order valence-corrected chi connectivity index (χ0v) is 21.7. The fourth-order valence-corrected chi connectivity index (χ4v) is 10.8. The summed E-state index contributed by atoms with van der Waals surface area (Å²) in [4.78, 5) is 11.6. The smallest absolute Gasteiger partial charge is 0.302 e. The molecule has 1 spiro atoms. The maximum Gasteiger partial charge on any atom is 0.302 e. The Morgan fingerprint density at radius 3 is 2.45 bits per heavy atom. The van der Waals surface area contributed by atoms with E-state index in [9.17, 15) is 4.79 Å². The first kappa shape index (κ1) is 22.8. The summed E-state index contributed by atoms with van der Waals surface area (Å²) in [6.45, 7) is 12.8. The first-order valence-corrected chi connectivity index (χ1v) is 14.3. The van der Waals surface area contributed by atoms with Crippen molar-refractivity contribution in [3.63, 3.8) is 0 Å². The normalized spacial score (nSPS) is 57.7. The summed E-state index contributed by atoms with van der Waals surface area (Å²) < 4.78 is 12.7. The van der Waals surface area contributed by atoms with Crippen LogP contribution in [0.3, 0.4) is 0 Å². The van der Waals surface area contributed by atoms with Gasteiger partial charge in [-0.15, -0.1) is 0 Å². The summed E-state index contributed by atoms with van der Waals surface area (Å²) in [5, 5.41) is 3.89. The highest BCUT2D eigenvalue weighted by molar-refractivity contribution is 5.66. The van der Waals surface area contributed by atoms with Gasteiger partial charge < -0.3 is 9.47 Å². The minimum absolute atomic E-state index is 0.0502. The number of carbonyl (C=O) groups is 1. The van der Waals surface area contributed by atoms with Gasteiger partial charge in [-0.3, -0.25) is 10.1 Å². The Morgan fingerprint density at radius 1 is 0.939 bits per heavy atom. The van der Waals surface area contributed by atoms with Gasteiger partial charge in [0.1, 0.15) is 11.8 Å². The Bertz CT molecular complexity index is 790. The van der Waals surface area contributed by atoms with E-state index in [1.54, 1.807) is 6.92 Å². The standard InChI is InChI=1S/C29H47NO3/c1-17-8-13-29(30-16-17)18(2)26-25(33-29)15-24-22-7-6-20-14-21(32-19(3)31)9-11-27(20,4)23(22)10-12-28(24,26)5/h17-18,20-26,30H,6-16H2,1-5H3/t17-,18+,20+,21-,22-,23+,24+,25+,26+,27+,28+,29-/m1/s1. The van der Waals surface area contributed by atoms with Gasteiger partial charge in [0.05, 0.1) is 6.10 Å². The lowest BCUT2D eigenvalue weighted by atomic mass is 9.44. The molecule has 0 radical (unpaired) electrons. The molecule has 4 nitrogen and oxygen atoms in total. The van der Waals surface area contributed by atoms with Crippen LogP contribution in [0.4, 0.5) is 0 Å². The van der Waals surface area contributed by atoms with Gasteiger partial charge in [-0.05, 0) is 111 Å². The van der Waals surface area contributed by atoms with Crippen LogP contribution in [0.25, 0.3) is 0 Å². The maximum absolute atomic E-state index is 11.6. The first-order valence-electron chi connectivity index (χ1n) is 14.3. The third kappa shape index (κ3) is 3.25. The van der Waals surface area contributed by atoms with E-state index >= 15 is 0 Å². The highest BCUT2D eigenvalue weighted by atomic mass is 16.5. The summed E-state index contributed by atoms with van der Waals surface area (Å²) in [5.41, 5.74) is 0.830. The molecule has 0 amide bonds. The van der Waals surface area contributed by atoms with Crippen LogP contribution in [0.1, 0.15) is 98.8 Å². The molecule has 4 heteroatoms. The maximum atomic E-state index is 11.6. The molecule has 6 fully saturated rings. The van der Waals surface area contributed by atoms with E-state index in [1.165, 1.54) is 51.4 Å². The van der Waals surface area contributed by atoms with Crippen molar-refractivity contribution in [1.82, 2.24) is 5.32 Å². The Labute approximate surface area is 201 Å². The quantitative estimate of drug-likeness (QED) is 0.495. The Morgan fingerprint density at radius 2 is 1.73 bits per heavy atom. The molecular formula is C29H47NO3. The molecule has 0 aromatic heterocycles. The number of esters is 1. The van der Waals surface area contributed by atoms with E-state index < -0.39 is 0 Å². The van der Waals surface area contributed by atoms with Crippen molar-refractivity contribution in [2.45, 2.75) is 117 Å². The number of carbonyl (C=O) groups excluding carboxylic acids is 1. The second-order valence-corrected chi connectivity index (χ2v) is 13.8. The molecule has 33 heavy (non-hydrogen) atoms. The van der Waals surface area contributed by atoms with Crippen molar-refractivity contribution in [2.24, 2.45) is 52.3 Å². The molecule has 4 aliphatic carbocycles. The second kappa shape index (κ2) is 7.69. The number of fused-ring (bicyclic) bond motifs is 7. The lowest BCUT2D eigenvalue weighted by Crippen LogP contribution is -2.57. The van der Waals surface area contributed by atoms with Crippen LogP contribution in [-0.4, -0.2) is 30.4 Å². The van der Waals surface area contributed by atoms with Crippen molar-refractivity contribution in [3.05, 3.63) is 0 Å². The monoisotopic (exact) mass is 457 g/mol. The molecule has 0 aromatic carbocycles. The van der Waals surface area contributed by atoms with E-state index in [0.717, 1.165) is 54.9 Å². The van der Waals surface area contributed by atoms with Crippen LogP contribution >= 0.6 is 0 Å². The average Bonchev–Trinajstić information content (AvgIpc) is 3.21. The summed E-state index contributed by atoms with van der Waals surface area (Å²) in [6, 6.07) is 0. The topological polar surface area (TPSA) is 47.6 Å². The fourth-order valence-electron chi connectivity index (χ4n) is 10.8. The van der Waals surface area contributed by atoms with Crippen LogP contribution in [0.15, 0.2) is 0 Å². The zero-order chi connectivity index (χ0) is 23.2. The van der Waals surface area contributed by atoms with E-state index in [0.29, 0.717) is 22.9 Å². The second-order valence-electron chi connectivity index (χ2n) is 13.8. The van der Waals surface area contributed by atoms with Crippen molar-refractivity contribution in [1.29, 1.82) is 0 Å². The minimum atomic E-state index is -0.1000.